The van der Waals surface area contributed by atoms with Crippen LogP contribution in [0.2, 0.25) is 0 Å². The van der Waals surface area contributed by atoms with Gasteiger partial charge in [0.25, 0.3) is 0 Å². The molecule has 3 N–H and O–H groups in total. The quantitative estimate of drug-likeness (QED) is 0.480. The standard InChI is InChI=1S/C11H18N3Si/c1-3-12-11(13-4-2)14-9-7-5-6-8-10(9)15/h5-8,11-14H,3-4H2,1-2H3. The molecule has 0 fully saturated rings. The lowest BCUT2D eigenvalue weighted by Gasteiger charge is -2.22. The lowest BCUT2D eigenvalue weighted by molar-refractivity contribution is 0.489. The Bertz CT molecular complexity index is 285. The maximum Gasteiger partial charge on any atom is 0.132 e. The summed E-state index contributed by atoms with van der Waals surface area (Å²) >= 11 is 0. The fourth-order valence-corrected chi connectivity index (χ4v) is 1.60. The lowest BCUT2D eigenvalue weighted by atomic mass is 10.3. The van der Waals surface area contributed by atoms with Gasteiger partial charge in [-0.25, -0.2) is 0 Å². The second kappa shape index (κ2) is 6.61. The Labute approximate surface area is 95.1 Å². The monoisotopic (exact) mass is 220 g/mol. The third kappa shape index (κ3) is 4.03. The van der Waals surface area contributed by atoms with Crippen molar-refractivity contribution < 1.29 is 0 Å². The maximum atomic E-state index is 3.56. The molecule has 0 aromatic heterocycles. The first-order chi connectivity index (χ1) is 7.27. The number of benzene rings is 1. The summed E-state index contributed by atoms with van der Waals surface area (Å²) in [6.45, 7) is 6.03. The zero-order chi connectivity index (χ0) is 11.1. The molecular weight excluding hydrogens is 202 g/mol. The molecule has 0 saturated carbocycles. The predicted octanol–water partition coefficient (Wildman–Crippen LogP) is 0.395. The van der Waals surface area contributed by atoms with Gasteiger partial charge in [-0.05, 0) is 24.3 Å². The SMILES string of the molecule is CCNC(NCC)Nc1ccccc1[Si]. The van der Waals surface area contributed by atoms with E-state index in [9.17, 15) is 0 Å². The van der Waals surface area contributed by atoms with Gasteiger partial charge in [-0.2, -0.15) is 0 Å². The Morgan fingerprint density at radius 2 is 1.73 bits per heavy atom. The van der Waals surface area contributed by atoms with E-state index in [-0.39, 0.29) is 6.29 Å². The average Bonchev–Trinajstić information content (AvgIpc) is 2.22. The van der Waals surface area contributed by atoms with Crippen molar-refractivity contribution in [3.8, 4) is 0 Å². The van der Waals surface area contributed by atoms with E-state index in [1.165, 1.54) is 0 Å². The van der Waals surface area contributed by atoms with Gasteiger partial charge in [-0.1, -0.05) is 32.0 Å². The highest BCUT2D eigenvalue weighted by atomic mass is 28.1. The van der Waals surface area contributed by atoms with Crippen molar-refractivity contribution in [1.29, 1.82) is 0 Å². The molecule has 0 aliphatic heterocycles. The fourth-order valence-electron chi connectivity index (χ4n) is 1.35. The van der Waals surface area contributed by atoms with Crippen LogP contribution in [0.5, 0.6) is 0 Å². The summed E-state index contributed by atoms with van der Waals surface area (Å²) in [6.07, 6.45) is 0.109. The number of para-hydroxylation sites is 1. The van der Waals surface area contributed by atoms with Crippen LogP contribution in [0.4, 0.5) is 5.69 Å². The maximum absolute atomic E-state index is 3.56. The molecule has 1 aromatic carbocycles. The average molecular weight is 220 g/mol. The van der Waals surface area contributed by atoms with E-state index in [4.69, 9.17) is 0 Å². The van der Waals surface area contributed by atoms with E-state index in [1.807, 2.05) is 24.3 Å². The molecule has 1 rings (SSSR count). The summed E-state index contributed by atoms with van der Waals surface area (Å²) in [4.78, 5) is 0. The summed E-state index contributed by atoms with van der Waals surface area (Å²) in [7, 11) is 3.56. The van der Waals surface area contributed by atoms with Gasteiger partial charge in [-0.15, -0.1) is 0 Å². The number of anilines is 1. The van der Waals surface area contributed by atoms with E-state index in [0.29, 0.717) is 0 Å². The zero-order valence-corrected chi connectivity index (χ0v) is 10.3. The largest absolute Gasteiger partial charge is 0.358 e. The molecule has 0 atom stereocenters. The summed E-state index contributed by atoms with van der Waals surface area (Å²) in [5.41, 5.74) is 1.08. The number of nitrogens with one attached hydrogen (secondary N) is 3. The van der Waals surface area contributed by atoms with Crippen molar-refractivity contribution >= 4 is 21.1 Å². The van der Waals surface area contributed by atoms with Crippen molar-refractivity contribution in [3.05, 3.63) is 24.3 Å². The molecule has 3 radical (unpaired) electrons. The van der Waals surface area contributed by atoms with Crippen LogP contribution < -0.4 is 21.1 Å². The first kappa shape index (κ1) is 12.2. The zero-order valence-electron chi connectivity index (χ0n) is 9.30. The van der Waals surface area contributed by atoms with Crippen molar-refractivity contribution in [2.24, 2.45) is 0 Å². The second-order valence-corrected chi connectivity index (χ2v) is 3.78. The first-order valence-corrected chi connectivity index (χ1v) is 5.81. The minimum Gasteiger partial charge on any atom is -0.358 e. The van der Waals surface area contributed by atoms with E-state index in [0.717, 1.165) is 24.0 Å². The Balaban J connectivity index is 2.60. The molecule has 1 aromatic rings. The lowest BCUT2D eigenvalue weighted by Crippen LogP contribution is -2.48. The molecule has 81 valence electrons. The summed E-state index contributed by atoms with van der Waals surface area (Å²) < 4.78 is 0. The van der Waals surface area contributed by atoms with Crippen LogP contribution in [0.1, 0.15) is 13.8 Å². The third-order valence-corrected chi connectivity index (χ3v) is 2.48. The molecule has 0 aliphatic carbocycles. The molecule has 15 heavy (non-hydrogen) atoms. The van der Waals surface area contributed by atoms with Gasteiger partial charge in [0.1, 0.15) is 6.29 Å². The normalized spacial score (nSPS) is 10.7. The topological polar surface area (TPSA) is 36.1 Å². The number of rotatable bonds is 6. The van der Waals surface area contributed by atoms with Crippen LogP contribution in [0.25, 0.3) is 0 Å². The van der Waals surface area contributed by atoms with E-state index < -0.39 is 0 Å². The minimum absolute atomic E-state index is 0.109. The molecule has 0 saturated heterocycles. The Kier molecular flexibility index (Phi) is 5.38. The van der Waals surface area contributed by atoms with E-state index >= 15 is 0 Å². The highest BCUT2D eigenvalue weighted by molar-refractivity contribution is 6.35. The third-order valence-electron chi connectivity index (χ3n) is 2.04. The second-order valence-electron chi connectivity index (χ2n) is 3.24. The summed E-state index contributed by atoms with van der Waals surface area (Å²) in [5, 5.41) is 11.1. The summed E-state index contributed by atoms with van der Waals surface area (Å²) in [5.74, 6) is 0. The highest BCUT2D eigenvalue weighted by Crippen LogP contribution is 2.01. The fraction of sp³-hybridized carbons (Fsp3) is 0.455. The molecular formula is C11H18N3Si. The van der Waals surface area contributed by atoms with Gasteiger partial charge in [-0.3, -0.25) is 10.6 Å². The molecule has 0 spiro atoms. The number of hydrogen-bond acceptors (Lipinski definition) is 3. The van der Waals surface area contributed by atoms with Gasteiger partial charge in [0, 0.05) is 5.69 Å². The molecule has 0 amide bonds. The Hall–Kier alpha value is -0.843. The molecule has 4 heteroatoms. The Morgan fingerprint density at radius 3 is 2.27 bits per heavy atom. The molecule has 3 nitrogen and oxygen atoms in total. The predicted molar refractivity (Wildman–Crippen MR) is 66.6 cm³/mol. The van der Waals surface area contributed by atoms with Crippen molar-refractivity contribution in [2.45, 2.75) is 20.1 Å². The van der Waals surface area contributed by atoms with Crippen LogP contribution in [-0.2, 0) is 0 Å². The smallest absolute Gasteiger partial charge is 0.132 e. The molecule has 0 aliphatic rings. The summed E-state index contributed by atoms with van der Waals surface area (Å²) in [6, 6.07) is 8.09. The van der Waals surface area contributed by atoms with Gasteiger partial charge < -0.3 is 5.32 Å². The number of hydrogen-bond donors (Lipinski definition) is 3. The Morgan fingerprint density at radius 1 is 1.13 bits per heavy atom. The van der Waals surface area contributed by atoms with Crippen molar-refractivity contribution in [3.63, 3.8) is 0 Å². The minimum atomic E-state index is 0.109. The van der Waals surface area contributed by atoms with E-state index in [2.05, 4.69) is 40.0 Å². The molecule has 0 unspecified atom stereocenters. The van der Waals surface area contributed by atoms with Crippen LogP contribution in [-0.4, -0.2) is 29.6 Å². The molecule has 0 heterocycles. The van der Waals surface area contributed by atoms with E-state index in [1.54, 1.807) is 0 Å². The highest BCUT2D eigenvalue weighted by Gasteiger charge is 2.05. The van der Waals surface area contributed by atoms with Crippen LogP contribution >= 0.6 is 0 Å². The first-order valence-electron chi connectivity index (χ1n) is 5.31. The van der Waals surface area contributed by atoms with Crippen molar-refractivity contribution in [2.75, 3.05) is 18.4 Å². The van der Waals surface area contributed by atoms with Crippen LogP contribution in [0, 0.1) is 0 Å². The van der Waals surface area contributed by atoms with Gasteiger partial charge in [0.05, 0.1) is 10.2 Å². The van der Waals surface area contributed by atoms with Crippen LogP contribution in [0.3, 0.4) is 0 Å². The van der Waals surface area contributed by atoms with Crippen LogP contribution in [0.15, 0.2) is 24.3 Å². The van der Waals surface area contributed by atoms with Gasteiger partial charge in [0.2, 0.25) is 0 Å². The van der Waals surface area contributed by atoms with Gasteiger partial charge in [0.15, 0.2) is 0 Å². The van der Waals surface area contributed by atoms with Gasteiger partial charge >= 0.3 is 0 Å². The molecule has 0 bridgehead atoms. The van der Waals surface area contributed by atoms with Crippen molar-refractivity contribution in [1.82, 2.24) is 10.6 Å².